The van der Waals surface area contributed by atoms with Gasteiger partial charge in [0, 0.05) is 11.3 Å². The molecule has 4 nitrogen and oxygen atoms in total. The first-order valence-corrected chi connectivity index (χ1v) is 11.2. The topological polar surface area (TPSA) is 49.4 Å². The summed E-state index contributed by atoms with van der Waals surface area (Å²) >= 11 is 1.68. The standard InChI is InChI=1S/C23H25FN2O2S/c24-18-13-7-8-14-19(18)25-21(27)20-15-29-23(17-11-5-2-6-12-17)26(20)22(28)16-9-3-1-4-10-16/h1,3-4,7-10,13-14,17,20,23H,2,5-6,11-12,15H2,(H,25,27)/t20-,23-/m0/s1. The first kappa shape index (κ1) is 20.0. The summed E-state index contributed by atoms with van der Waals surface area (Å²) in [6.45, 7) is 0. The third-order valence-corrected chi connectivity index (χ3v) is 7.24. The van der Waals surface area contributed by atoms with Crippen LogP contribution in [0, 0.1) is 11.7 Å². The maximum absolute atomic E-state index is 14.0. The Balaban J connectivity index is 1.60. The minimum Gasteiger partial charge on any atom is -0.322 e. The van der Waals surface area contributed by atoms with Gasteiger partial charge in [0.2, 0.25) is 5.91 Å². The zero-order valence-electron chi connectivity index (χ0n) is 16.2. The largest absolute Gasteiger partial charge is 0.322 e. The summed E-state index contributed by atoms with van der Waals surface area (Å²) < 4.78 is 14.0. The first-order valence-electron chi connectivity index (χ1n) is 10.2. The summed E-state index contributed by atoms with van der Waals surface area (Å²) in [5.41, 5.74) is 0.732. The van der Waals surface area contributed by atoms with Gasteiger partial charge in [-0.3, -0.25) is 9.59 Å². The molecule has 2 amide bonds. The van der Waals surface area contributed by atoms with Gasteiger partial charge in [0.25, 0.3) is 5.91 Å². The minimum absolute atomic E-state index is 0.0145. The van der Waals surface area contributed by atoms with Crippen molar-refractivity contribution in [1.29, 1.82) is 0 Å². The van der Waals surface area contributed by atoms with E-state index < -0.39 is 11.9 Å². The Morgan fingerprint density at radius 2 is 1.66 bits per heavy atom. The number of benzene rings is 2. The number of carbonyl (C=O) groups excluding carboxylic acids is 2. The molecule has 0 radical (unpaired) electrons. The number of halogens is 1. The molecule has 0 aromatic heterocycles. The molecule has 1 heterocycles. The molecule has 0 spiro atoms. The first-order chi connectivity index (χ1) is 14.1. The van der Waals surface area contributed by atoms with Crippen LogP contribution in [0.25, 0.3) is 0 Å². The molecule has 2 aromatic carbocycles. The van der Waals surface area contributed by atoms with Crippen LogP contribution in [-0.4, -0.2) is 33.9 Å². The number of amides is 2. The van der Waals surface area contributed by atoms with E-state index in [2.05, 4.69) is 5.32 Å². The SMILES string of the molecule is O=C(Nc1ccccc1F)[C@@H]1CS[C@@H](C2CCCCC2)N1C(=O)c1ccccc1. The Labute approximate surface area is 174 Å². The molecule has 2 aliphatic rings. The lowest BCUT2D eigenvalue weighted by atomic mass is 9.88. The van der Waals surface area contributed by atoms with E-state index in [-0.39, 0.29) is 22.9 Å². The van der Waals surface area contributed by atoms with Crippen molar-refractivity contribution in [2.75, 3.05) is 11.1 Å². The molecule has 1 saturated carbocycles. The lowest BCUT2D eigenvalue weighted by Gasteiger charge is -2.35. The monoisotopic (exact) mass is 412 g/mol. The highest BCUT2D eigenvalue weighted by Gasteiger charge is 2.45. The predicted molar refractivity (Wildman–Crippen MR) is 114 cm³/mol. The van der Waals surface area contributed by atoms with E-state index in [0.29, 0.717) is 17.2 Å². The van der Waals surface area contributed by atoms with Gasteiger partial charge in [-0.25, -0.2) is 4.39 Å². The van der Waals surface area contributed by atoms with E-state index >= 15 is 0 Å². The number of hydrogen-bond donors (Lipinski definition) is 1. The fraction of sp³-hybridized carbons (Fsp3) is 0.391. The summed E-state index contributed by atoms with van der Waals surface area (Å²) in [6.07, 6.45) is 5.73. The zero-order chi connectivity index (χ0) is 20.2. The number of para-hydroxylation sites is 1. The molecule has 152 valence electrons. The van der Waals surface area contributed by atoms with Crippen LogP contribution in [0.15, 0.2) is 54.6 Å². The average Bonchev–Trinajstić information content (AvgIpc) is 3.21. The van der Waals surface area contributed by atoms with Gasteiger partial charge in [0.1, 0.15) is 11.9 Å². The van der Waals surface area contributed by atoms with Crippen LogP contribution in [0.5, 0.6) is 0 Å². The van der Waals surface area contributed by atoms with Crippen molar-refractivity contribution >= 4 is 29.3 Å². The normalized spacial score (nSPS) is 22.4. The number of nitrogens with zero attached hydrogens (tertiary/aromatic N) is 1. The molecule has 1 saturated heterocycles. The quantitative estimate of drug-likeness (QED) is 0.775. The Morgan fingerprint density at radius 1 is 0.966 bits per heavy atom. The second-order valence-electron chi connectivity index (χ2n) is 7.69. The lowest BCUT2D eigenvalue weighted by molar-refractivity contribution is -0.120. The maximum atomic E-state index is 14.0. The van der Waals surface area contributed by atoms with E-state index in [4.69, 9.17) is 0 Å². The molecule has 4 rings (SSSR count). The van der Waals surface area contributed by atoms with Gasteiger partial charge in [0.15, 0.2) is 0 Å². The molecule has 2 fully saturated rings. The Bertz CT molecular complexity index is 870. The number of rotatable bonds is 4. The van der Waals surface area contributed by atoms with Crippen LogP contribution in [0.3, 0.4) is 0 Å². The minimum atomic E-state index is -0.612. The fourth-order valence-electron chi connectivity index (χ4n) is 4.28. The van der Waals surface area contributed by atoms with Gasteiger partial charge < -0.3 is 10.2 Å². The van der Waals surface area contributed by atoms with E-state index in [1.54, 1.807) is 40.9 Å². The molecule has 0 bridgehead atoms. The van der Waals surface area contributed by atoms with E-state index in [9.17, 15) is 14.0 Å². The Hall–Kier alpha value is -2.34. The van der Waals surface area contributed by atoms with Crippen molar-refractivity contribution < 1.29 is 14.0 Å². The molecular formula is C23H25FN2O2S. The Kier molecular flexibility index (Phi) is 6.19. The van der Waals surface area contributed by atoms with Crippen LogP contribution in [0.2, 0.25) is 0 Å². The molecule has 6 heteroatoms. The molecule has 2 atom stereocenters. The summed E-state index contributed by atoms with van der Waals surface area (Å²) in [6, 6.07) is 14.6. The van der Waals surface area contributed by atoms with Crippen molar-refractivity contribution in [3.05, 3.63) is 66.0 Å². The average molecular weight is 413 g/mol. The van der Waals surface area contributed by atoms with Crippen LogP contribution in [-0.2, 0) is 4.79 Å². The maximum Gasteiger partial charge on any atom is 0.255 e. The fourth-order valence-corrected chi connectivity index (χ4v) is 5.92. The van der Waals surface area contributed by atoms with Gasteiger partial charge >= 0.3 is 0 Å². The van der Waals surface area contributed by atoms with Gasteiger partial charge in [-0.2, -0.15) is 0 Å². The molecule has 1 aliphatic heterocycles. The van der Waals surface area contributed by atoms with Crippen LogP contribution in [0.4, 0.5) is 10.1 Å². The summed E-state index contributed by atoms with van der Waals surface area (Å²) in [5.74, 6) is -0.00554. The molecular weight excluding hydrogens is 387 g/mol. The van der Waals surface area contributed by atoms with E-state index in [1.165, 1.54) is 31.4 Å². The van der Waals surface area contributed by atoms with E-state index in [1.807, 2.05) is 18.2 Å². The molecule has 1 aliphatic carbocycles. The van der Waals surface area contributed by atoms with Gasteiger partial charge in [-0.15, -0.1) is 11.8 Å². The number of nitrogens with one attached hydrogen (secondary N) is 1. The van der Waals surface area contributed by atoms with Crippen LogP contribution in [0.1, 0.15) is 42.5 Å². The van der Waals surface area contributed by atoms with Crippen molar-refractivity contribution in [2.24, 2.45) is 5.92 Å². The molecule has 1 N–H and O–H groups in total. The third-order valence-electron chi connectivity index (χ3n) is 5.78. The Morgan fingerprint density at radius 3 is 2.38 bits per heavy atom. The highest BCUT2D eigenvalue weighted by molar-refractivity contribution is 8.00. The van der Waals surface area contributed by atoms with Crippen molar-refractivity contribution in [2.45, 2.75) is 43.5 Å². The summed E-state index contributed by atoms with van der Waals surface area (Å²) in [5, 5.41) is 2.68. The highest BCUT2D eigenvalue weighted by Crippen LogP contribution is 2.41. The van der Waals surface area contributed by atoms with Gasteiger partial charge in [-0.1, -0.05) is 49.6 Å². The smallest absolute Gasteiger partial charge is 0.255 e. The summed E-state index contributed by atoms with van der Waals surface area (Å²) in [7, 11) is 0. The van der Waals surface area contributed by atoms with Crippen LogP contribution >= 0.6 is 11.8 Å². The number of anilines is 1. The predicted octanol–water partition coefficient (Wildman–Crippen LogP) is 4.93. The zero-order valence-corrected chi connectivity index (χ0v) is 17.0. The molecule has 2 aromatic rings. The highest BCUT2D eigenvalue weighted by atomic mass is 32.2. The molecule has 0 unspecified atom stereocenters. The number of hydrogen-bond acceptors (Lipinski definition) is 3. The summed E-state index contributed by atoms with van der Waals surface area (Å²) in [4.78, 5) is 28.2. The van der Waals surface area contributed by atoms with Gasteiger partial charge in [0.05, 0.1) is 11.1 Å². The third kappa shape index (κ3) is 4.32. The van der Waals surface area contributed by atoms with Crippen molar-refractivity contribution in [1.82, 2.24) is 4.90 Å². The van der Waals surface area contributed by atoms with Crippen molar-refractivity contribution in [3.63, 3.8) is 0 Å². The number of carbonyl (C=O) groups is 2. The van der Waals surface area contributed by atoms with E-state index in [0.717, 1.165) is 12.8 Å². The number of thioether (sulfide) groups is 1. The molecule has 29 heavy (non-hydrogen) atoms. The van der Waals surface area contributed by atoms with Crippen LogP contribution < -0.4 is 5.32 Å². The van der Waals surface area contributed by atoms with Crippen molar-refractivity contribution in [3.8, 4) is 0 Å². The van der Waals surface area contributed by atoms with Gasteiger partial charge in [-0.05, 0) is 43.0 Å². The second-order valence-corrected chi connectivity index (χ2v) is 8.83. The second kappa shape index (κ2) is 8.99. The lowest BCUT2D eigenvalue weighted by Crippen LogP contribution is -2.49.